The number of hydrogen-bond donors (Lipinski definition) is 0. The van der Waals surface area contributed by atoms with Crippen LogP contribution in [0.1, 0.15) is 65.7 Å². The molecule has 0 N–H and O–H groups in total. The quantitative estimate of drug-likeness (QED) is 0.233. The first kappa shape index (κ1) is 21.4. The van der Waals surface area contributed by atoms with Gasteiger partial charge in [0.1, 0.15) is 11.5 Å². The summed E-state index contributed by atoms with van der Waals surface area (Å²) in [4.78, 5) is 12.1. The van der Waals surface area contributed by atoms with Crippen molar-refractivity contribution in [2.75, 3.05) is 6.61 Å². The highest BCUT2D eigenvalue weighted by Crippen LogP contribution is 2.52. The van der Waals surface area contributed by atoms with Gasteiger partial charge in [-0.15, -0.1) is 0 Å². The van der Waals surface area contributed by atoms with Gasteiger partial charge in [0.05, 0.1) is 12.5 Å². The molecular weight excluding hydrogens is 360 g/mol. The number of benzene rings is 2. The van der Waals surface area contributed by atoms with E-state index in [1.807, 2.05) is 36.4 Å². The minimum absolute atomic E-state index is 0.0334. The van der Waals surface area contributed by atoms with Gasteiger partial charge < -0.3 is 9.47 Å². The average Bonchev–Trinajstić information content (AvgIpc) is 3.37. The zero-order valence-corrected chi connectivity index (χ0v) is 18.1. The summed E-state index contributed by atoms with van der Waals surface area (Å²) < 4.78 is 11.4. The van der Waals surface area contributed by atoms with Crippen LogP contribution in [0, 0.1) is 11.3 Å². The van der Waals surface area contributed by atoms with E-state index < -0.39 is 0 Å². The van der Waals surface area contributed by atoms with Gasteiger partial charge in [0.15, 0.2) is 0 Å². The maximum absolute atomic E-state index is 12.1. The molecule has 0 spiro atoms. The highest BCUT2D eigenvalue weighted by molar-refractivity contribution is 5.79. The van der Waals surface area contributed by atoms with Crippen LogP contribution in [0.15, 0.2) is 48.5 Å². The fraction of sp³-hybridized carbons (Fsp3) is 0.500. The predicted octanol–water partition coefficient (Wildman–Crippen LogP) is 7.04. The number of ether oxygens (including phenoxy) is 2. The molecule has 0 amide bonds. The Morgan fingerprint density at radius 1 is 0.862 bits per heavy atom. The predicted molar refractivity (Wildman–Crippen MR) is 118 cm³/mol. The molecule has 156 valence electrons. The summed E-state index contributed by atoms with van der Waals surface area (Å²) in [6, 6.07) is 15.9. The minimum atomic E-state index is -0.116. The van der Waals surface area contributed by atoms with Gasteiger partial charge in [-0.3, -0.25) is 4.79 Å². The number of carbonyl (C=O) groups is 1. The van der Waals surface area contributed by atoms with Crippen LogP contribution in [0.25, 0.3) is 11.1 Å². The van der Waals surface area contributed by atoms with E-state index in [0.717, 1.165) is 36.3 Å². The molecule has 2 aromatic carbocycles. The molecule has 1 atom stereocenters. The molecule has 1 saturated carbocycles. The van der Waals surface area contributed by atoms with Crippen molar-refractivity contribution >= 4 is 5.97 Å². The molecule has 3 nitrogen and oxygen atoms in total. The summed E-state index contributed by atoms with van der Waals surface area (Å²) in [5.74, 6) is 1.45. The van der Waals surface area contributed by atoms with Gasteiger partial charge >= 0.3 is 5.97 Å². The Kier molecular flexibility index (Phi) is 7.35. The highest BCUT2D eigenvalue weighted by Gasteiger charge is 2.51. The summed E-state index contributed by atoms with van der Waals surface area (Å²) in [6.45, 7) is 7.22. The zero-order chi connectivity index (χ0) is 20.7. The number of hydrogen-bond acceptors (Lipinski definition) is 3. The monoisotopic (exact) mass is 394 g/mol. The standard InChI is InChI=1S/C26H34O3/c1-4-5-6-7-8-9-18-28-22-14-10-20(11-15-22)21-12-16-23(17-13-21)29-25(27)24-19-26(24,2)3/h10-17,24H,4-9,18-19H2,1-3H3/t24-/m1/s1. The molecule has 1 fully saturated rings. The van der Waals surface area contributed by atoms with Crippen molar-refractivity contribution in [1.29, 1.82) is 0 Å². The van der Waals surface area contributed by atoms with Gasteiger partial charge in [0.2, 0.25) is 0 Å². The lowest BCUT2D eigenvalue weighted by molar-refractivity contribution is -0.136. The minimum Gasteiger partial charge on any atom is -0.494 e. The molecule has 0 unspecified atom stereocenters. The van der Waals surface area contributed by atoms with E-state index in [0.29, 0.717) is 5.75 Å². The first-order valence-corrected chi connectivity index (χ1v) is 11.0. The van der Waals surface area contributed by atoms with Crippen molar-refractivity contribution < 1.29 is 14.3 Å². The summed E-state index contributed by atoms with van der Waals surface area (Å²) in [5, 5.41) is 0. The van der Waals surface area contributed by atoms with E-state index >= 15 is 0 Å². The van der Waals surface area contributed by atoms with Crippen molar-refractivity contribution in [3.8, 4) is 22.6 Å². The van der Waals surface area contributed by atoms with Gasteiger partial charge in [-0.05, 0) is 53.6 Å². The fourth-order valence-electron chi connectivity index (χ4n) is 3.59. The molecule has 2 aromatic rings. The zero-order valence-electron chi connectivity index (χ0n) is 18.1. The van der Waals surface area contributed by atoms with Crippen molar-refractivity contribution in [2.45, 2.75) is 65.7 Å². The summed E-state index contributed by atoms with van der Waals surface area (Å²) in [6.07, 6.45) is 8.54. The molecule has 0 aliphatic heterocycles. The van der Waals surface area contributed by atoms with Crippen LogP contribution in [0.2, 0.25) is 0 Å². The second-order valence-corrected chi connectivity index (χ2v) is 8.83. The van der Waals surface area contributed by atoms with Gasteiger partial charge in [0, 0.05) is 0 Å². The molecule has 3 rings (SSSR count). The lowest BCUT2D eigenvalue weighted by Crippen LogP contribution is -2.13. The normalized spacial score (nSPS) is 17.0. The fourth-order valence-corrected chi connectivity index (χ4v) is 3.59. The van der Waals surface area contributed by atoms with Crippen molar-refractivity contribution in [2.24, 2.45) is 11.3 Å². The Morgan fingerprint density at radius 3 is 1.93 bits per heavy atom. The third kappa shape index (κ3) is 6.35. The lowest BCUT2D eigenvalue weighted by Gasteiger charge is -2.09. The maximum atomic E-state index is 12.1. The van der Waals surface area contributed by atoms with Crippen LogP contribution in [-0.4, -0.2) is 12.6 Å². The summed E-state index contributed by atoms with van der Waals surface area (Å²) >= 11 is 0. The molecule has 1 aliphatic rings. The van der Waals surface area contributed by atoms with E-state index in [4.69, 9.17) is 9.47 Å². The highest BCUT2D eigenvalue weighted by atomic mass is 16.5. The van der Waals surface area contributed by atoms with E-state index in [2.05, 4.69) is 32.9 Å². The van der Waals surface area contributed by atoms with E-state index in [9.17, 15) is 4.79 Å². The van der Waals surface area contributed by atoms with Crippen LogP contribution in [0.3, 0.4) is 0 Å². The van der Waals surface area contributed by atoms with E-state index in [1.165, 1.54) is 32.1 Å². The van der Waals surface area contributed by atoms with Crippen LogP contribution >= 0.6 is 0 Å². The largest absolute Gasteiger partial charge is 0.494 e. The Balaban J connectivity index is 1.44. The Hall–Kier alpha value is -2.29. The lowest BCUT2D eigenvalue weighted by atomic mass is 10.1. The third-order valence-corrected chi connectivity index (χ3v) is 5.82. The summed E-state index contributed by atoms with van der Waals surface area (Å²) in [7, 11) is 0. The Morgan fingerprint density at radius 2 is 1.38 bits per heavy atom. The average molecular weight is 395 g/mol. The van der Waals surface area contributed by atoms with E-state index in [-0.39, 0.29) is 17.3 Å². The van der Waals surface area contributed by atoms with Gasteiger partial charge in [-0.25, -0.2) is 0 Å². The van der Waals surface area contributed by atoms with Gasteiger partial charge in [0.25, 0.3) is 0 Å². The Labute approximate surface area is 175 Å². The molecule has 3 heteroatoms. The number of carbonyl (C=O) groups excluding carboxylic acids is 1. The molecular formula is C26H34O3. The molecule has 29 heavy (non-hydrogen) atoms. The second-order valence-electron chi connectivity index (χ2n) is 8.83. The number of unbranched alkanes of at least 4 members (excludes halogenated alkanes) is 5. The van der Waals surface area contributed by atoms with Crippen LogP contribution in [0.5, 0.6) is 11.5 Å². The first-order valence-electron chi connectivity index (χ1n) is 11.0. The number of esters is 1. The van der Waals surface area contributed by atoms with E-state index in [1.54, 1.807) is 0 Å². The van der Waals surface area contributed by atoms with Crippen LogP contribution in [0.4, 0.5) is 0 Å². The van der Waals surface area contributed by atoms with Crippen LogP contribution in [-0.2, 0) is 4.79 Å². The van der Waals surface area contributed by atoms with Gasteiger partial charge in [-0.1, -0.05) is 77.1 Å². The maximum Gasteiger partial charge on any atom is 0.314 e. The smallest absolute Gasteiger partial charge is 0.314 e. The van der Waals surface area contributed by atoms with Gasteiger partial charge in [-0.2, -0.15) is 0 Å². The van der Waals surface area contributed by atoms with Crippen molar-refractivity contribution in [3.05, 3.63) is 48.5 Å². The van der Waals surface area contributed by atoms with Crippen LogP contribution < -0.4 is 9.47 Å². The molecule has 0 radical (unpaired) electrons. The Bertz CT molecular complexity index is 775. The van der Waals surface area contributed by atoms with Crippen molar-refractivity contribution in [3.63, 3.8) is 0 Å². The third-order valence-electron chi connectivity index (χ3n) is 5.82. The van der Waals surface area contributed by atoms with Crippen molar-refractivity contribution in [1.82, 2.24) is 0 Å². The first-order chi connectivity index (χ1) is 14.0. The molecule has 0 bridgehead atoms. The summed E-state index contributed by atoms with van der Waals surface area (Å²) in [5.41, 5.74) is 2.31. The molecule has 0 aromatic heterocycles. The molecule has 0 saturated heterocycles. The molecule has 0 heterocycles. The SMILES string of the molecule is CCCCCCCCOc1ccc(-c2ccc(OC(=O)[C@H]3CC3(C)C)cc2)cc1. The topological polar surface area (TPSA) is 35.5 Å². The molecule has 1 aliphatic carbocycles. The number of rotatable bonds is 11. The second kappa shape index (κ2) is 9.96.